The predicted molar refractivity (Wildman–Crippen MR) is 99.8 cm³/mol. The van der Waals surface area contributed by atoms with Gasteiger partial charge in [0.25, 0.3) is 5.91 Å². The third-order valence-electron chi connectivity index (χ3n) is 3.64. The lowest BCUT2D eigenvalue weighted by Crippen LogP contribution is -2.23. The highest BCUT2D eigenvalue weighted by atomic mass is 16.1. The highest BCUT2D eigenvalue weighted by Gasteiger charge is 2.07. The smallest absolute Gasteiger partial charge is 0.251 e. The summed E-state index contributed by atoms with van der Waals surface area (Å²) in [5, 5.41) is 6.04. The molecule has 1 aromatic heterocycles. The van der Waals surface area contributed by atoms with Crippen molar-refractivity contribution in [3.8, 4) is 11.3 Å². The monoisotopic (exact) mass is 332 g/mol. The lowest BCUT2D eigenvalue weighted by Gasteiger charge is -2.09. The second-order valence-electron chi connectivity index (χ2n) is 5.59. The van der Waals surface area contributed by atoms with Gasteiger partial charge in [-0.25, -0.2) is 9.97 Å². The van der Waals surface area contributed by atoms with Crippen molar-refractivity contribution in [3.05, 3.63) is 72.4 Å². The zero-order chi connectivity index (χ0) is 17.5. The van der Waals surface area contributed by atoms with E-state index in [0.29, 0.717) is 18.1 Å². The summed E-state index contributed by atoms with van der Waals surface area (Å²) in [6.07, 6.45) is 2.62. The van der Waals surface area contributed by atoms with Crippen LogP contribution < -0.4 is 10.6 Å². The Morgan fingerprint density at radius 2 is 1.88 bits per heavy atom. The van der Waals surface area contributed by atoms with Crippen molar-refractivity contribution in [2.45, 2.75) is 13.3 Å². The van der Waals surface area contributed by atoms with Crippen LogP contribution in [-0.4, -0.2) is 22.4 Å². The Bertz CT molecular complexity index is 849. The minimum Gasteiger partial charge on any atom is -0.352 e. The lowest BCUT2D eigenvalue weighted by atomic mass is 10.1. The molecule has 0 aliphatic heterocycles. The van der Waals surface area contributed by atoms with E-state index >= 15 is 0 Å². The van der Waals surface area contributed by atoms with Crippen molar-refractivity contribution in [2.75, 3.05) is 11.9 Å². The van der Waals surface area contributed by atoms with E-state index < -0.39 is 0 Å². The molecule has 0 aliphatic carbocycles. The van der Waals surface area contributed by atoms with Gasteiger partial charge in [0.1, 0.15) is 0 Å². The van der Waals surface area contributed by atoms with Gasteiger partial charge in [-0.1, -0.05) is 43.3 Å². The predicted octanol–water partition coefficient (Wildman–Crippen LogP) is 4.03. The van der Waals surface area contributed by atoms with Gasteiger partial charge in [-0.3, -0.25) is 4.79 Å². The van der Waals surface area contributed by atoms with E-state index in [2.05, 4.69) is 20.6 Å². The summed E-state index contributed by atoms with van der Waals surface area (Å²) in [5.74, 6) is 0.414. The van der Waals surface area contributed by atoms with Crippen LogP contribution in [0.4, 0.5) is 11.6 Å². The first-order valence-corrected chi connectivity index (χ1v) is 8.30. The molecule has 126 valence electrons. The minimum absolute atomic E-state index is 0.0792. The van der Waals surface area contributed by atoms with Crippen LogP contribution in [0.3, 0.4) is 0 Å². The van der Waals surface area contributed by atoms with Crippen LogP contribution in [0.1, 0.15) is 23.7 Å². The molecule has 0 unspecified atom stereocenters. The van der Waals surface area contributed by atoms with Crippen LogP contribution in [0, 0.1) is 0 Å². The molecule has 0 saturated carbocycles. The molecule has 3 rings (SSSR count). The van der Waals surface area contributed by atoms with Gasteiger partial charge in [-0.15, -0.1) is 0 Å². The van der Waals surface area contributed by atoms with E-state index in [9.17, 15) is 4.79 Å². The Morgan fingerprint density at radius 3 is 2.68 bits per heavy atom. The van der Waals surface area contributed by atoms with Gasteiger partial charge in [-0.05, 0) is 30.7 Å². The molecule has 0 fully saturated rings. The number of anilines is 2. The summed E-state index contributed by atoms with van der Waals surface area (Å²) in [7, 11) is 0. The second kappa shape index (κ2) is 8.06. The van der Waals surface area contributed by atoms with Gasteiger partial charge in [0.15, 0.2) is 0 Å². The highest BCUT2D eigenvalue weighted by Crippen LogP contribution is 2.19. The van der Waals surface area contributed by atoms with Gasteiger partial charge in [0, 0.05) is 29.6 Å². The van der Waals surface area contributed by atoms with Crippen LogP contribution in [-0.2, 0) is 0 Å². The van der Waals surface area contributed by atoms with E-state index in [1.54, 1.807) is 18.3 Å². The summed E-state index contributed by atoms with van der Waals surface area (Å²) in [5.41, 5.74) is 3.25. The quantitative estimate of drug-likeness (QED) is 0.715. The number of carbonyl (C=O) groups is 1. The van der Waals surface area contributed by atoms with Crippen molar-refractivity contribution >= 4 is 17.5 Å². The maximum Gasteiger partial charge on any atom is 0.251 e. The van der Waals surface area contributed by atoms with Crippen LogP contribution in [0.15, 0.2) is 66.9 Å². The van der Waals surface area contributed by atoms with E-state index in [-0.39, 0.29) is 5.91 Å². The molecule has 2 aromatic carbocycles. The SMILES string of the molecule is CCCNC(=O)c1cccc(Nc2nccc(-c3ccccc3)n2)c1. The number of rotatable bonds is 6. The van der Waals surface area contributed by atoms with Crippen molar-refractivity contribution < 1.29 is 4.79 Å². The number of nitrogens with zero attached hydrogens (tertiary/aromatic N) is 2. The normalized spacial score (nSPS) is 10.3. The number of benzene rings is 2. The molecular formula is C20H20N4O. The summed E-state index contributed by atoms with van der Waals surface area (Å²) < 4.78 is 0. The molecule has 0 bridgehead atoms. The number of nitrogens with one attached hydrogen (secondary N) is 2. The summed E-state index contributed by atoms with van der Waals surface area (Å²) in [4.78, 5) is 20.9. The average molecular weight is 332 g/mol. The lowest BCUT2D eigenvalue weighted by molar-refractivity contribution is 0.0953. The van der Waals surface area contributed by atoms with E-state index in [0.717, 1.165) is 23.4 Å². The fourth-order valence-corrected chi connectivity index (χ4v) is 2.40. The molecule has 1 amide bonds. The van der Waals surface area contributed by atoms with E-state index in [1.807, 2.05) is 55.5 Å². The van der Waals surface area contributed by atoms with Crippen LogP contribution in [0.25, 0.3) is 11.3 Å². The van der Waals surface area contributed by atoms with Gasteiger partial charge < -0.3 is 10.6 Å². The molecule has 0 atom stereocenters. The molecule has 3 aromatic rings. The third kappa shape index (κ3) is 4.41. The minimum atomic E-state index is -0.0792. The molecule has 5 heteroatoms. The van der Waals surface area contributed by atoms with E-state index in [1.165, 1.54) is 0 Å². The maximum absolute atomic E-state index is 12.1. The van der Waals surface area contributed by atoms with Gasteiger partial charge in [0.2, 0.25) is 5.95 Å². The van der Waals surface area contributed by atoms with E-state index in [4.69, 9.17) is 0 Å². The fourth-order valence-electron chi connectivity index (χ4n) is 2.40. The topological polar surface area (TPSA) is 66.9 Å². The maximum atomic E-state index is 12.1. The van der Waals surface area contributed by atoms with Crippen LogP contribution in [0.2, 0.25) is 0 Å². The molecule has 0 aliphatic rings. The standard InChI is InChI=1S/C20H20N4O/c1-2-12-21-19(25)16-9-6-10-17(14-16)23-20-22-13-11-18(24-20)15-7-4-3-5-8-15/h3-11,13-14H,2,12H2,1H3,(H,21,25)(H,22,23,24). The molecule has 1 heterocycles. The highest BCUT2D eigenvalue weighted by molar-refractivity contribution is 5.95. The first-order valence-electron chi connectivity index (χ1n) is 8.30. The Hall–Kier alpha value is -3.21. The van der Waals surface area contributed by atoms with Crippen molar-refractivity contribution in [1.82, 2.24) is 15.3 Å². The Kier molecular flexibility index (Phi) is 5.36. The zero-order valence-corrected chi connectivity index (χ0v) is 14.1. The molecule has 0 spiro atoms. The third-order valence-corrected chi connectivity index (χ3v) is 3.64. The largest absolute Gasteiger partial charge is 0.352 e. The van der Waals surface area contributed by atoms with Crippen molar-refractivity contribution in [3.63, 3.8) is 0 Å². The number of carbonyl (C=O) groups excluding carboxylic acids is 1. The molecule has 2 N–H and O–H groups in total. The molecule has 5 nitrogen and oxygen atoms in total. The van der Waals surface area contributed by atoms with Gasteiger partial charge >= 0.3 is 0 Å². The average Bonchev–Trinajstić information content (AvgIpc) is 2.67. The summed E-state index contributed by atoms with van der Waals surface area (Å²) in [6, 6.07) is 19.1. The summed E-state index contributed by atoms with van der Waals surface area (Å²) >= 11 is 0. The Morgan fingerprint density at radius 1 is 1.04 bits per heavy atom. The number of amides is 1. The number of hydrogen-bond donors (Lipinski definition) is 2. The Labute approximate surface area is 147 Å². The Balaban J connectivity index is 1.78. The second-order valence-corrected chi connectivity index (χ2v) is 5.59. The van der Waals surface area contributed by atoms with Crippen molar-refractivity contribution in [2.24, 2.45) is 0 Å². The number of aromatic nitrogens is 2. The molecule has 0 radical (unpaired) electrons. The zero-order valence-electron chi connectivity index (χ0n) is 14.1. The first kappa shape index (κ1) is 16.6. The van der Waals surface area contributed by atoms with Crippen LogP contribution >= 0.6 is 0 Å². The summed E-state index contributed by atoms with van der Waals surface area (Å²) in [6.45, 7) is 2.69. The molecule has 25 heavy (non-hydrogen) atoms. The van der Waals surface area contributed by atoms with Crippen molar-refractivity contribution in [1.29, 1.82) is 0 Å². The van der Waals surface area contributed by atoms with Gasteiger partial charge in [0.05, 0.1) is 5.69 Å². The molecule has 0 saturated heterocycles. The number of hydrogen-bond acceptors (Lipinski definition) is 4. The fraction of sp³-hybridized carbons (Fsp3) is 0.150. The van der Waals surface area contributed by atoms with Crippen LogP contribution in [0.5, 0.6) is 0 Å². The first-order chi connectivity index (χ1) is 12.3. The van der Waals surface area contributed by atoms with Gasteiger partial charge in [-0.2, -0.15) is 0 Å². The molecular weight excluding hydrogens is 312 g/mol.